The lowest BCUT2D eigenvalue weighted by atomic mass is 10.3. The van der Waals surface area contributed by atoms with Crippen LogP contribution in [0, 0.1) is 0 Å². The van der Waals surface area contributed by atoms with Crippen molar-refractivity contribution in [3.05, 3.63) is 58.7 Å². The van der Waals surface area contributed by atoms with Crippen LogP contribution >= 0.6 is 11.3 Å². The highest BCUT2D eigenvalue weighted by Crippen LogP contribution is 2.22. The SMILES string of the molecule is COC(=O)c1sccc1S(=O)(=O)NCc1ccc(-n2cccn2)nc1. The largest absolute Gasteiger partial charge is 0.465 e. The number of nitrogens with one attached hydrogen (secondary N) is 1. The summed E-state index contributed by atoms with van der Waals surface area (Å²) >= 11 is 1.02. The van der Waals surface area contributed by atoms with E-state index in [1.807, 2.05) is 0 Å². The van der Waals surface area contributed by atoms with Gasteiger partial charge in [0.05, 0.1) is 7.11 Å². The highest BCUT2D eigenvalue weighted by Gasteiger charge is 2.24. The maximum atomic E-state index is 12.4. The molecule has 3 aromatic rings. The van der Waals surface area contributed by atoms with Gasteiger partial charge in [0.15, 0.2) is 5.82 Å². The Morgan fingerprint density at radius 3 is 2.84 bits per heavy atom. The van der Waals surface area contributed by atoms with Crippen LogP contribution < -0.4 is 4.72 Å². The number of thiophene rings is 1. The van der Waals surface area contributed by atoms with Gasteiger partial charge >= 0.3 is 5.97 Å². The zero-order valence-electron chi connectivity index (χ0n) is 13.1. The molecule has 10 heteroatoms. The van der Waals surface area contributed by atoms with Crippen LogP contribution in [0.15, 0.2) is 53.1 Å². The maximum Gasteiger partial charge on any atom is 0.349 e. The van der Waals surface area contributed by atoms with E-state index in [2.05, 4.69) is 19.5 Å². The van der Waals surface area contributed by atoms with Crippen LogP contribution in [0.3, 0.4) is 0 Å². The average Bonchev–Trinajstić information content (AvgIpc) is 3.31. The standard InChI is InChI=1S/C15H14N4O4S2/c1-23-15(20)14-12(5-8-24-14)25(21,22)18-10-11-3-4-13(16-9-11)19-7-2-6-17-19/h2-9,18H,10H2,1H3. The highest BCUT2D eigenvalue weighted by atomic mass is 32.2. The van der Waals surface area contributed by atoms with Crippen molar-refractivity contribution in [3.8, 4) is 5.82 Å². The fourth-order valence-corrected chi connectivity index (χ4v) is 4.42. The minimum atomic E-state index is -3.84. The smallest absolute Gasteiger partial charge is 0.349 e. The Morgan fingerprint density at radius 2 is 2.20 bits per heavy atom. The van der Waals surface area contributed by atoms with E-state index in [9.17, 15) is 13.2 Å². The predicted octanol–water partition coefficient (Wildman–Crippen LogP) is 1.59. The Balaban J connectivity index is 1.72. The minimum absolute atomic E-state index is 0.0437. The van der Waals surface area contributed by atoms with Gasteiger partial charge in [-0.25, -0.2) is 27.6 Å². The summed E-state index contributed by atoms with van der Waals surface area (Å²) in [5.41, 5.74) is 0.675. The first-order valence-corrected chi connectivity index (χ1v) is 9.48. The van der Waals surface area contributed by atoms with Gasteiger partial charge in [0.1, 0.15) is 9.77 Å². The van der Waals surface area contributed by atoms with Gasteiger partial charge in [-0.2, -0.15) is 5.10 Å². The van der Waals surface area contributed by atoms with Gasteiger partial charge in [-0.05, 0) is 29.1 Å². The first-order chi connectivity index (χ1) is 12.0. The number of esters is 1. The number of aromatic nitrogens is 3. The molecule has 0 aromatic carbocycles. The van der Waals surface area contributed by atoms with Crippen molar-refractivity contribution in [1.29, 1.82) is 0 Å². The van der Waals surface area contributed by atoms with Crippen LogP contribution in [0.4, 0.5) is 0 Å². The summed E-state index contributed by atoms with van der Waals surface area (Å²) in [4.78, 5) is 15.8. The number of rotatable bonds is 6. The van der Waals surface area contributed by atoms with Crippen LogP contribution in [0.2, 0.25) is 0 Å². The number of hydrogen-bond donors (Lipinski definition) is 1. The number of methoxy groups -OCH3 is 1. The molecule has 0 radical (unpaired) electrons. The lowest BCUT2D eigenvalue weighted by Crippen LogP contribution is -2.24. The summed E-state index contributed by atoms with van der Waals surface area (Å²) < 4.78 is 33.5. The number of carbonyl (C=O) groups excluding carboxylic acids is 1. The van der Waals surface area contributed by atoms with Crippen molar-refractivity contribution in [2.75, 3.05) is 7.11 Å². The van der Waals surface area contributed by atoms with E-state index in [0.29, 0.717) is 11.4 Å². The van der Waals surface area contributed by atoms with Crippen molar-refractivity contribution in [3.63, 3.8) is 0 Å². The van der Waals surface area contributed by atoms with Crippen LogP contribution in [0.25, 0.3) is 5.82 Å². The molecule has 0 bridgehead atoms. The van der Waals surface area contributed by atoms with Crippen LogP contribution in [0.5, 0.6) is 0 Å². The summed E-state index contributed by atoms with van der Waals surface area (Å²) in [6.45, 7) is 0.0468. The molecule has 25 heavy (non-hydrogen) atoms. The molecule has 1 N–H and O–H groups in total. The summed E-state index contributed by atoms with van der Waals surface area (Å²) in [5.74, 6) is -0.0527. The van der Waals surface area contributed by atoms with E-state index in [-0.39, 0.29) is 16.3 Å². The second-order valence-electron chi connectivity index (χ2n) is 4.91. The molecule has 3 aromatic heterocycles. The molecule has 3 heterocycles. The fraction of sp³-hybridized carbons (Fsp3) is 0.133. The molecular weight excluding hydrogens is 364 g/mol. The van der Waals surface area contributed by atoms with Crippen LogP contribution in [-0.2, 0) is 21.3 Å². The van der Waals surface area contributed by atoms with Gasteiger partial charge < -0.3 is 4.74 Å². The van der Waals surface area contributed by atoms with E-state index >= 15 is 0 Å². The Labute approximate surface area is 148 Å². The Kier molecular flexibility index (Phi) is 4.93. The number of hydrogen-bond acceptors (Lipinski definition) is 7. The molecule has 0 saturated carbocycles. The van der Waals surface area contributed by atoms with Crippen LogP contribution in [-0.4, -0.2) is 36.3 Å². The van der Waals surface area contributed by atoms with Crippen molar-refractivity contribution in [2.24, 2.45) is 0 Å². The molecule has 0 aliphatic heterocycles. The van der Waals surface area contributed by atoms with E-state index < -0.39 is 16.0 Å². The highest BCUT2D eigenvalue weighted by molar-refractivity contribution is 7.89. The van der Waals surface area contributed by atoms with E-state index in [0.717, 1.165) is 11.3 Å². The van der Waals surface area contributed by atoms with Crippen molar-refractivity contribution in [2.45, 2.75) is 11.4 Å². The van der Waals surface area contributed by atoms with Gasteiger partial charge in [0, 0.05) is 25.1 Å². The van der Waals surface area contributed by atoms with E-state index in [1.54, 1.807) is 41.5 Å². The molecule has 3 rings (SSSR count). The van der Waals surface area contributed by atoms with E-state index in [1.165, 1.54) is 18.6 Å². The van der Waals surface area contributed by atoms with Gasteiger partial charge in [-0.3, -0.25) is 0 Å². The van der Waals surface area contributed by atoms with Gasteiger partial charge in [0.25, 0.3) is 0 Å². The second-order valence-corrected chi connectivity index (χ2v) is 7.56. The lowest BCUT2D eigenvalue weighted by Gasteiger charge is -2.07. The maximum absolute atomic E-state index is 12.4. The Hall–Kier alpha value is -2.56. The first-order valence-electron chi connectivity index (χ1n) is 7.11. The van der Waals surface area contributed by atoms with Crippen molar-refractivity contribution in [1.82, 2.24) is 19.5 Å². The molecule has 0 unspecified atom stereocenters. The molecular formula is C15H14N4O4S2. The summed E-state index contributed by atoms with van der Waals surface area (Å²) in [7, 11) is -2.63. The molecule has 0 amide bonds. The number of nitrogens with zero attached hydrogens (tertiary/aromatic N) is 3. The molecule has 8 nitrogen and oxygen atoms in total. The summed E-state index contributed by atoms with van der Waals surface area (Å²) in [5, 5.41) is 5.60. The third-order valence-electron chi connectivity index (χ3n) is 3.30. The second kappa shape index (κ2) is 7.13. The molecule has 0 saturated heterocycles. The van der Waals surface area contributed by atoms with Gasteiger partial charge in [-0.1, -0.05) is 6.07 Å². The third-order valence-corrected chi connectivity index (χ3v) is 5.77. The predicted molar refractivity (Wildman–Crippen MR) is 91.0 cm³/mol. The molecule has 0 atom stereocenters. The number of ether oxygens (including phenoxy) is 1. The minimum Gasteiger partial charge on any atom is -0.465 e. The number of pyridine rings is 1. The topological polar surface area (TPSA) is 103 Å². The molecule has 0 aliphatic carbocycles. The van der Waals surface area contributed by atoms with Gasteiger partial charge in [0.2, 0.25) is 10.0 Å². The molecule has 0 aliphatic rings. The fourth-order valence-electron chi connectivity index (χ4n) is 2.07. The normalized spacial score (nSPS) is 11.4. The lowest BCUT2D eigenvalue weighted by molar-refractivity contribution is 0.0602. The zero-order chi connectivity index (χ0) is 17.9. The van der Waals surface area contributed by atoms with Crippen LogP contribution in [0.1, 0.15) is 15.2 Å². The quantitative estimate of drug-likeness (QED) is 0.654. The monoisotopic (exact) mass is 378 g/mol. The molecule has 0 spiro atoms. The van der Waals surface area contributed by atoms with E-state index in [4.69, 9.17) is 0 Å². The Bertz CT molecular complexity index is 963. The number of sulfonamides is 1. The van der Waals surface area contributed by atoms with Crippen molar-refractivity contribution >= 4 is 27.3 Å². The summed E-state index contributed by atoms with van der Waals surface area (Å²) in [6, 6.07) is 6.64. The first kappa shape index (κ1) is 17.3. The third kappa shape index (κ3) is 3.76. The van der Waals surface area contributed by atoms with Crippen molar-refractivity contribution < 1.29 is 17.9 Å². The summed E-state index contributed by atoms with van der Waals surface area (Å²) in [6.07, 6.45) is 4.97. The average molecular weight is 378 g/mol. The molecule has 0 fully saturated rings. The number of carbonyl (C=O) groups is 1. The molecule has 130 valence electrons. The zero-order valence-corrected chi connectivity index (χ0v) is 14.8. The Morgan fingerprint density at radius 1 is 1.36 bits per heavy atom. The van der Waals surface area contributed by atoms with Gasteiger partial charge in [-0.15, -0.1) is 11.3 Å².